The molecule has 0 unspecified atom stereocenters. The summed E-state index contributed by atoms with van der Waals surface area (Å²) in [6.07, 6.45) is 0. The van der Waals surface area contributed by atoms with Gasteiger partial charge < -0.3 is 24.0 Å². The Labute approximate surface area is 128 Å². The third-order valence-electron chi connectivity index (χ3n) is 3.71. The molecule has 1 aliphatic rings. The average Bonchev–Trinajstić information content (AvgIpc) is 2.61. The van der Waals surface area contributed by atoms with Crippen LogP contribution < -0.4 is 28.5 Å². The molecule has 19 heavy (non-hydrogen) atoms. The van der Waals surface area contributed by atoms with Gasteiger partial charge in [0, 0.05) is 18.1 Å². The van der Waals surface area contributed by atoms with E-state index in [1.807, 2.05) is 21.0 Å². The van der Waals surface area contributed by atoms with Gasteiger partial charge in [-0.2, -0.15) is 0 Å². The van der Waals surface area contributed by atoms with Gasteiger partial charge in [0.2, 0.25) is 23.0 Å². The van der Waals surface area contributed by atoms with Crippen LogP contribution in [0.4, 0.5) is 0 Å². The molecule has 0 amide bonds. The van der Waals surface area contributed by atoms with Gasteiger partial charge in [0.1, 0.15) is 0 Å². The van der Waals surface area contributed by atoms with E-state index in [2.05, 4.69) is 0 Å². The lowest BCUT2D eigenvalue weighted by molar-refractivity contribution is -0.679. The van der Waals surface area contributed by atoms with Crippen molar-refractivity contribution in [2.75, 3.05) is 0 Å². The zero-order valence-corrected chi connectivity index (χ0v) is 13.1. The van der Waals surface area contributed by atoms with Crippen molar-refractivity contribution in [1.82, 2.24) is 4.57 Å². The quantitative estimate of drug-likeness (QED) is 0.338. The van der Waals surface area contributed by atoms with Crippen LogP contribution in [0.5, 0.6) is 0 Å². The van der Waals surface area contributed by atoms with E-state index in [0.29, 0.717) is 22.5 Å². The maximum atomic E-state index is 12.5. The molecule has 1 heterocycles. The fraction of sp³-hybridized carbons (Fsp3) is 0.214. The monoisotopic (exact) mass is 368 g/mol. The largest absolute Gasteiger partial charge is 1.00 e. The van der Waals surface area contributed by atoms with Gasteiger partial charge in [-0.25, -0.2) is 9.13 Å². The Hall–Kier alpha value is -1.50. The van der Waals surface area contributed by atoms with E-state index in [0.717, 1.165) is 5.82 Å². The molecule has 0 spiro atoms. The van der Waals surface area contributed by atoms with Crippen LogP contribution in [-0.4, -0.2) is 16.1 Å². The Morgan fingerprint density at radius 2 is 1.58 bits per heavy atom. The molecule has 0 fully saturated rings. The third-order valence-corrected chi connectivity index (χ3v) is 3.71. The molecule has 0 N–H and O–H groups in total. The van der Waals surface area contributed by atoms with Crippen LogP contribution in [0.15, 0.2) is 24.3 Å². The lowest BCUT2D eigenvalue weighted by Crippen LogP contribution is -3.00. The fourth-order valence-electron chi connectivity index (χ4n) is 2.52. The standard InChI is InChI=1S/C14H13N2O2.HI/c1-8-15(2)11-12(16(8)3)14(18)10-7-5-4-6-9(10)13(11)17;/h4-7H,1-3H3;1H/q+1;/p-1. The topological polar surface area (TPSA) is 43.0 Å². The van der Waals surface area contributed by atoms with Gasteiger partial charge in [0.15, 0.2) is 0 Å². The Kier molecular flexibility index (Phi) is 3.34. The highest BCUT2D eigenvalue weighted by Gasteiger charge is 2.40. The molecule has 0 saturated heterocycles. The number of imidazole rings is 1. The lowest BCUT2D eigenvalue weighted by atomic mass is 9.90. The summed E-state index contributed by atoms with van der Waals surface area (Å²) in [5, 5.41) is 0. The molecule has 0 atom stereocenters. The molecule has 0 bridgehead atoms. The Bertz CT molecular complexity index is 658. The van der Waals surface area contributed by atoms with Crippen molar-refractivity contribution in [2.24, 2.45) is 14.1 Å². The summed E-state index contributed by atoms with van der Waals surface area (Å²) in [4.78, 5) is 24.9. The molecule has 0 saturated carbocycles. The second-order valence-electron chi connectivity index (χ2n) is 4.57. The maximum absolute atomic E-state index is 12.5. The van der Waals surface area contributed by atoms with Crippen molar-refractivity contribution in [3.8, 4) is 0 Å². The van der Waals surface area contributed by atoms with Crippen LogP contribution in [-0.2, 0) is 14.1 Å². The van der Waals surface area contributed by atoms with Crippen LogP contribution >= 0.6 is 0 Å². The van der Waals surface area contributed by atoms with Gasteiger partial charge >= 0.3 is 0 Å². The normalized spacial score (nSPS) is 12.8. The number of rotatable bonds is 0. The second-order valence-corrected chi connectivity index (χ2v) is 4.57. The summed E-state index contributed by atoms with van der Waals surface area (Å²) in [5.74, 6) is 0.729. The van der Waals surface area contributed by atoms with Gasteiger partial charge in [-0.15, -0.1) is 0 Å². The van der Waals surface area contributed by atoms with Crippen LogP contribution in [0.1, 0.15) is 37.9 Å². The summed E-state index contributed by atoms with van der Waals surface area (Å²) in [6, 6.07) is 6.98. The molecule has 1 aliphatic carbocycles. The number of fused-ring (bicyclic) bond motifs is 2. The summed E-state index contributed by atoms with van der Waals surface area (Å²) in [7, 11) is 3.63. The number of ketones is 2. The van der Waals surface area contributed by atoms with E-state index >= 15 is 0 Å². The molecule has 1 aromatic heterocycles. The first-order chi connectivity index (χ1) is 8.54. The first-order valence-electron chi connectivity index (χ1n) is 5.77. The van der Waals surface area contributed by atoms with Gasteiger partial charge in [0.05, 0.1) is 14.1 Å². The number of carbonyl (C=O) groups excluding carboxylic acids is 2. The first kappa shape index (κ1) is 13.9. The summed E-state index contributed by atoms with van der Waals surface area (Å²) in [6.45, 7) is 1.89. The highest BCUT2D eigenvalue weighted by atomic mass is 127. The minimum absolute atomic E-state index is 0. The fourth-order valence-corrected chi connectivity index (χ4v) is 2.52. The number of benzene rings is 1. The first-order valence-corrected chi connectivity index (χ1v) is 5.77. The predicted molar refractivity (Wildman–Crippen MR) is 64.6 cm³/mol. The summed E-state index contributed by atoms with van der Waals surface area (Å²) >= 11 is 0. The minimum Gasteiger partial charge on any atom is -1.00 e. The van der Waals surface area contributed by atoms with Crippen LogP contribution in [0, 0.1) is 6.92 Å². The summed E-state index contributed by atoms with van der Waals surface area (Å²) < 4.78 is 3.57. The molecular formula is C14H13IN2O2. The predicted octanol–water partition coefficient (Wildman–Crippen LogP) is -2.06. The number of carbonyl (C=O) groups is 2. The van der Waals surface area contributed by atoms with Gasteiger partial charge in [-0.05, 0) is 0 Å². The van der Waals surface area contributed by atoms with Crippen molar-refractivity contribution in [1.29, 1.82) is 0 Å². The highest BCUT2D eigenvalue weighted by molar-refractivity contribution is 6.26. The van der Waals surface area contributed by atoms with E-state index in [-0.39, 0.29) is 35.5 Å². The molecule has 3 rings (SSSR count). The molecule has 4 nitrogen and oxygen atoms in total. The summed E-state index contributed by atoms with van der Waals surface area (Å²) in [5.41, 5.74) is 1.96. The minimum atomic E-state index is -0.0774. The number of hydrogen-bond donors (Lipinski definition) is 0. The van der Waals surface area contributed by atoms with Gasteiger partial charge in [-0.3, -0.25) is 9.59 Å². The zero-order valence-electron chi connectivity index (χ0n) is 10.9. The molecule has 0 aliphatic heterocycles. The van der Waals surface area contributed by atoms with Crippen molar-refractivity contribution in [3.05, 3.63) is 52.6 Å². The number of halogens is 1. The molecule has 98 valence electrons. The van der Waals surface area contributed by atoms with Crippen molar-refractivity contribution in [2.45, 2.75) is 6.92 Å². The highest BCUT2D eigenvalue weighted by Crippen LogP contribution is 2.25. The SMILES string of the molecule is Cc1n(C)c2c([n+]1C)C(=O)c1ccccc1C2=O.[I-]. The van der Waals surface area contributed by atoms with E-state index in [9.17, 15) is 9.59 Å². The van der Waals surface area contributed by atoms with E-state index in [1.165, 1.54) is 0 Å². The number of aromatic nitrogens is 2. The van der Waals surface area contributed by atoms with Crippen LogP contribution in [0.3, 0.4) is 0 Å². The smallest absolute Gasteiger partial charge is 0.253 e. The van der Waals surface area contributed by atoms with E-state index in [1.54, 1.807) is 33.4 Å². The van der Waals surface area contributed by atoms with E-state index in [4.69, 9.17) is 0 Å². The Morgan fingerprint density at radius 3 is 2.16 bits per heavy atom. The van der Waals surface area contributed by atoms with E-state index < -0.39 is 0 Å². The van der Waals surface area contributed by atoms with Gasteiger partial charge in [0.25, 0.3) is 5.82 Å². The molecule has 2 aromatic rings. The molecule has 5 heteroatoms. The number of hydrogen-bond acceptors (Lipinski definition) is 2. The second kappa shape index (κ2) is 4.56. The number of nitrogens with zero attached hydrogens (tertiary/aromatic N) is 2. The zero-order chi connectivity index (χ0) is 13.0. The van der Waals surface area contributed by atoms with Gasteiger partial charge in [-0.1, -0.05) is 24.3 Å². The lowest BCUT2D eigenvalue weighted by Gasteiger charge is -2.11. The molecule has 1 aromatic carbocycles. The van der Waals surface area contributed by atoms with Crippen molar-refractivity contribution >= 4 is 11.6 Å². The molecule has 0 radical (unpaired) electrons. The Morgan fingerprint density at radius 1 is 1.05 bits per heavy atom. The third kappa shape index (κ3) is 1.68. The maximum Gasteiger partial charge on any atom is 0.253 e. The van der Waals surface area contributed by atoms with Crippen LogP contribution in [0.2, 0.25) is 0 Å². The van der Waals surface area contributed by atoms with Crippen LogP contribution in [0.25, 0.3) is 0 Å². The Balaban J connectivity index is 0.00000133. The molecular weight excluding hydrogens is 355 g/mol. The van der Waals surface area contributed by atoms with Crippen molar-refractivity contribution in [3.63, 3.8) is 0 Å². The average molecular weight is 368 g/mol. The van der Waals surface area contributed by atoms with Crippen molar-refractivity contribution < 1.29 is 38.1 Å².